The zero-order valence-electron chi connectivity index (χ0n) is 19.5. The zero-order chi connectivity index (χ0) is 23.4. The average molecular weight is 437 g/mol. The summed E-state index contributed by atoms with van der Waals surface area (Å²) in [5.41, 5.74) is 2.59. The van der Waals surface area contributed by atoms with E-state index in [1.54, 1.807) is 36.3 Å². The maximum absolute atomic E-state index is 13.1. The van der Waals surface area contributed by atoms with Gasteiger partial charge in [-0.3, -0.25) is 9.59 Å². The molecule has 0 saturated carbocycles. The van der Waals surface area contributed by atoms with Gasteiger partial charge < -0.3 is 19.6 Å². The first-order valence-electron chi connectivity index (χ1n) is 10.9. The number of hydrogen-bond donors (Lipinski definition) is 1. The molecule has 6 heteroatoms. The maximum atomic E-state index is 13.1. The van der Waals surface area contributed by atoms with Gasteiger partial charge in [0.1, 0.15) is 11.5 Å². The standard InChI is InChI=1S/C26H32N2O4/c1-17(2)18-7-9-19(10-8-18)23-22(24(29)20-11-13-21(32-5)14-12-20)25(30)26(31)28(23)16-6-15-27(3)4/h7-14,17,23,29H,6,15-16H2,1-5H3/t23-/m1/s1. The third kappa shape index (κ3) is 4.86. The number of ether oxygens (including phenoxy) is 1. The first-order chi connectivity index (χ1) is 15.2. The van der Waals surface area contributed by atoms with Crippen LogP contribution in [0.25, 0.3) is 5.76 Å². The predicted molar refractivity (Wildman–Crippen MR) is 126 cm³/mol. The van der Waals surface area contributed by atoms with Gasteiger partial charge in [0.05, 0.1) is 18.7 Å². The minimum atomic E-state index is -0.652. The molecule has 32 heavy (non-hydrogen) atoms. The highest BCUT2D eigenvalue weighted by molar-refractivity contribution is 6.46. The maximum Gasteiger partial charge on any atom is 0.295 e. The molecule has 2 aromatic rings. The van der Waals surface area contributed by atoms with E-state index in [1.165, 1.54) is 5.56 Å². The minimum Gasteiger partial charge on any atom is -0.507 e. The second-order valence-electron chi connectivity index (χ2n) is 8.70. The van der Waals surface area contributed by atoms with Crippen LogP contribution in [0.3, 0.4) is 0 Å². The van der Waals surface area contributed by atoms with Gasteiger partial charge in [-0.2, -0.15) is 0 Å². The van der Waals surface area contributed by atoms with E-state index in [4.69, 9.17) is 4.74 Å². The molecule has 170 valence electrons. The molecule has 0 unspecified atom stereocenters. The van der Waals surface area contributed by atoms with Crippen LogP contribution in [0.15, 0.2) is 54.1 Å². The molecule has 0 aliphatic carbocycles. The van der Waals surface area contributed by atoms with Gasteiger partial charge in [-0.1, -0.05) is 38.1 Å². The van der Waals surface area contributed by atoms with E-state index in [1.807, 2.05) is 43.3 Å². The monoisotopic (exact) mass is 436 g/mol. The molecule has 1 saturated heterocycles. The van der Waals surface area contributed by atoms with Crippen molar-refractivity contribution < 1.29 is 19.4 Å². The summed E-state index contributed by atoms with van der Waals surface area (Å²) in [5, 5.41) is 11.1. The first kappa shape index (κ1) is 23.5. The van der Waals surface area contributed by atoms with E-state index >= 15 is 0 Å². The van der Waals surface area contributed by atoms with Gasteiger partial charge in [0, 0.05) is 12.1 Å². The average Bonchev–Trinajstić information content (AvgIpc) is 3.03. The number of carbonyl (C=O) groups is 2. The minimum absolute atomic E-state index is 0.127. The van der Waals surface area contributed by atoms with Gasteiger partial charge in [0.2, 0.25) is 0 Å². The number of Topliss-reactive ketones (excluding diaryl/α,β-unsaturated/α-hetero) is 1. The van der Waals surface area contributed by atoms with Crippen LogP contribution in [0, 0.1) is 0 Å². The number of aliphatic hydroxyl groups excluding tert-OH is 1. The molecule has 2 aromatic carbocycles. The second-order valence-corrected chi connectivity index (χ2v) is 8.70. The van der Waals surface area contributed by atoms with E-state index in [0.29, 0.717) is 23.8 Å². The van der Waals surface area contributed by atoms with E-state index in [0.717, 1.165) is 18.5 Å². The van der Waals surface area contributed by atoms with Crippen molar-refractivity contribution in [3.05, 3.63) is 70.8 Å². The second kappa shape index (κ2) is 10.0. The topological polar surface area (TPSA) is 70.1 Å². The largest absolute Gasteiger partial charge is 0.507 e. The number of nitrogens with zero attached hydrogens (tertiary/aromatic N) is 2. The molecule has 3 rings (SSSR count). The predicted octanol–water partition coefficient (Wildman–Crippen LogP) is 4.19. The van der Waals surface area contributed by atoms with Crippen molar-refractivity contribution in [1.82, 2.24) is 9.80 Å². The highest BCUT2D eigenvalue weighted by Crippen LogP contribution is 2.40. The van der Waals surface area contributed by atoms with Gasteiger partial charge in [0.15, 0.2) is 0 Å². The van der Waals surface area contributed by atoms with E-state index < -0.39 is 17.7 Å². The zero-order valence-corrected chi connectivity index (χ0v) is 19.5. The summed E-state index contributed by atoms with van der Waals surface area (Å²) in [7, 11) is 5.51. The van der Waals surface area contributed by atoms with Crippen molar-refractivity contribution in [3.8, 4) is 5.75 Å². The smallest absolute Gasteiger partial charge is 0.295 e. The summed E-state index contributed by atoms with van der Waals surface area (Å²) < 4.78 is 5.18. The van der Waals surface area contributed by atoms with Crippen molar-refractivity contribution in [2.45, 2.75) is 32.2 Å². The lowest BCUT2D eigenvalue weighted by Gasteiger charge is -2.26. The first-order valence-corrected chi connectivity index (χ1v) is 10.9. The molecule has 1 heterocycles. The Labute approximate surface area is 190 Å². The molecule has 1 fully saturated rings. The van der Waals surface area contributed by atoms with Crippen molar-refractivity contribution in [2.24, 2.45) is 0 Å². The van der Waals surface area contributed by atoms with E-state index in [2.05, 4.69) is 13.8 Å². The lowest BCUT2D eigenvalue weighted by Crippen LogP contribution is -2.32. The highest BCUT2D eigenvalue weighted by Gasteiger charge is 2.45. The lowest BCUT2D eigenvalue weighted by atomic mass is 9.93. The molecule has 1 atom stereocenters. The van der Waals surface area contributed by atoms with Crippen LogP contribution >= 0.6 is 0 Å². The Kier molecular flexibility index (Phi) is 7.36. The Morgan fingerprint density at radius 1 is 1.06 bits per heavy atom. The number of likely N-dealkylation sites (tertiary alicyclic amines) is 1. The van der Waals surface area contributed by atoms with Crippen molar-refractivity contribution in [1.29, 1.82) is 0 Å². The fraction of sp³-hybridized carbons (Fsp3) is 0.385. The molecule has 1 amide bonds. The number of benzene rings is 2. The molecule has 1 aliphatic heterocycles. The molecule has 6 nitrogen and oxygen atoms in total. The SMILES string of the molecule is COc1ccc(C(O)=C2C(=O)C(=O)N(CCCN(C)C)[C@@H]2c2ccc(C(C)C)cc2)cc1. The quantitative estimate of drug-likeness (QED) is 0.382. The summed E-state index contributed by atoms with van der Waals surface area (Å²) in [6.45, 7) is 5.46. The van der Waals surface area contributed by atoms with Crippen LogP contribution in [-0.4, -0.2) is 60.9 Å². The van der Waals surface area contributed by atoms with Crippen LogP contribution < -0.4 is 4.74 Å². The van der Waals surface area contributed by atoms with E-state index in [-0.39, 0.29) is 11.3 Å². The Balaban J connectivity index is 2.07. The molecule has 0 aromatic heterocycles. The number of amides is 1. The number of ketones is 1. The molecular weight excluding hydrogens is 404 g/mol. The van der Waals surface area contributed by atoms with Crippen LogP contribution in [-0.2, 0) is 9.59 Å². The summed E-state index contributed by atoms with van der Waals surface area (Å²) in [4.78, 5) is 29.7. The van der Waals surface area contributed by atoms with Crippen LogP contribution in [0.5, 0.6) is 5.75 Å². The van der Waals surface area contributed by atoms with E-state index in [9.17, 15) is 14.7 Å². The third-order valence-corrected chi connectivity index (χ3v) is 5.83. The van der Waals surface area contributed by atoms with Crippen LogP contribution in [0.1, 0.15) is 48.9 Å². The van der Waals surface area contributed by atoms with Crippen molar-refractivity contribution >= 4 is 17.4 Å². The Hall–Kier alpha value is -3.12. The Morgan fingerprint density at radius 3 is 2.22 bits per heavy atom. The molecule has 0 bridgehead atoms. The summed E-state index contributed by atoms with van der Waals surface area (Å²) in [6, 6.07) is 14.1. The third-order valence-electron chi connectivity index (χ3n) is 5.83. The van der Waals surface area contributed by atoms with Gasteiger partial charge in [0.25, 0.3) is 11.7 Å². The summed E-state index contributed by atoms with van der Waals surface area (Å²) in [5.74, 6) is -0.377. The van der Waals surface area contributed by atoms with Crippen molar-refractivity contribution in [2.75, 3.05) is 34.3 Å². The van der Waals surface area contributed by atoms with Crippen LogP contribution in [0.4, 0.5) is 0 Å². The fourth-order valence-electron chi connectivity index (χ4n) is 3.98. The highest BCUT2D eigenvalue weighted by atomic mass is 16.5. The number of hydrogen-bond acceptors (Lipinski definition) is 5. The fourth-order valence-corrected chi connectivity index (χ4v) is 3.98. The summed E-state index contributed by atoms with van der Waals surface area (Å²) in [6.07, 6.45) is 0.725. The Morgan fingerprint density at radius 2 is 1.69 bits per heavy atom. The Bertz CT molecular complexity index is 991. The number of rotatable bonds is 8. The van der Waals surface area contributed by atoms with Gasteiger partial charge in [-0.15, -0.1) is 0 Å². The van der Waals surface area contributed by atoms with Gasteiger partial charge >= 0.3 is 0 Å². The van der Waals surface area contributed by atoms with Gasteiger partial charge in [-0.25, -0.2) is 0 Å². The number of methoxy groups -OCH3 is 1. The molecule has 0 spiro atoms. The normalized spacial score (nSPS) is 18.1. The molecule has 1 N–H and O–H groups in total. The molecule has 1 aliphatic rings. The molecular formula is C26H32N2O4. The lowest BCUT2D eigenvalue weighted by molar-refractivity contribution is -0.139. The number of carbonyl (C=O) groups excluding carboxylic acids is 2. The van der Waals surface area contributed by atoms with Gasteiger partial charge in [-0.05, 0) is 68.4 Å². The summed E-state index contributed by atoms with van der Waals surface area (Å²) >= 11 is 0. The number of aliphatic hydroxyl groups is 1. The van der Waals surface area contributed by atoms with Crippen LogP contribution in [0.2, 0.25) is 0 Å². The molecule has 0 radical (unpaired) electrons. The van der Waals surface area contributed by atoms with Crippen molar-refractivity contribution in [3.63, 3.8) is 0 Å².